The van der Waals surface area contributed by atoms with Crippen LogP contribution in [0.1, 0.15) is 68.1 Å². The van der Waals surface area contributed by atoms with Gasteiger partial charge in [-0.1, -0.05) is 32.1 Å². The van der Waals surface area contributed by atoms with Crippen LogP contribution < -0.4 is 0 Å². The number of hydrogen-bond acceptors (Lipinski definition) is 3. The van der Waals surface area contributed by atoms with Gasteiger partial charge in [-0.3, -0.25) is 14.4 Å². The molecule has 0 aromatic heterocycles. The summed E-state index contributed by atoms with van der Waals surface area (Å²) in [5.74, 6) is 0.280. The molecule has 1 atom stereocenters. The molecule has 180 valence electrons. The number of halogens is 1. The average molecular weight is 458 g/mol. The van der Waals surface area contributed by atoms with Crippen LogP contribution in [-0.2, 0) is 9.59 Å². The number of benzene rings is 1. The van der Waals surface area contributed by atoms with Crippen molar-refractivity contribution in [2.75, 3.05) is 39.3 Å². The molecule has 1 aliphatic carbocycles. The second kappa shape index (κ2) is 11.1. The third-order valence-electron chi connectivity index (χ3n) is 7.58. The standard InChI is InChI=1S/C26H36FN3O3/c27-23-11-9-21(10-12-23)25(32)30-14-4-7-22(19-30)26(33)29-17-15-28(16-18-29)24(31)13-8-20-5-2-1-3-6-20/h9-12,20,22H,1-8,13-19H2. The van der Waals surface area contributed by atoms with Crippen LogP contribution in [0.3, 0.4) is 0 Å². The highest BCUT2D eigenvalue weighted by Gasteiger charge is 2.33. The van der Waals surface area contributed by atoms with E-state index in [-0.39, 0.29) is 29.5 Å². The van der Waals surface area contributed by atoms with E-state index in [2.05, 4.69) is 0 Å². The van der Waals surface area contributed by atoms with Gasteiger partial charge in [0, 0.05) is 51.3 Å². The summed E-state index contributed by atoms with van der Waals surface area (Å²) >= 11 is 0. The molecule has 33 heavy (non-hydrogen) atoms. The summed E-state index contributed by atoms with van der Waals surface area (Å²) < 4.78 is 13.2. The van der Waals surface area contributed by atoms with Gasteiger partial charge in [-0.25, -0.2) is 4.39 Å². The second-order valence-electron chi connectivity index (χ2n) is 9.85. The number of piperidine rings is 1. The van der Waals surface area contributed by atoms with Crippen molar-refractivity contribution in [2.45, 2.75) is 57.8 Å². The Bertz CT molecular complexity index is 830. The molecule has 0 bridgehead atoms. The molecule has 0 spiro atoms. The van der Waals surface area contributed by atoms with Gasteiger partial charge < -0.3 is 14.7 Å². The fraction of sp³-hybridized carbons (Fsp3) is 0.654. The van der Waals surface area contributed by atoms with Crippen LogP contribution >= 0.6 is 0 Å². The fourth-order valence-electron chi connectivity index (χ4n) is 5.53. The molecule has 1 saturated carbocycles. The summed E-state index contributed by atoms with van der Waals surface area (Å²) in [6.45, 7) is 3.34. The topological polar surface area (TPSA) is 60.9 Å². The lowest BCUT2D eigenvalue weighted by Crippen LogP contribution is -2.54. The smallest absolute Gasteiger partial charge is 0.253 e. The predicted molar refractivity (Wildman–Crippen MR) is 124 cm³/mol. The highest BCUT2D eigenvalue weighted by molar-refractivity contribution is 5.94. The van der Waals surface area contributed by atoms with Crippen LogP contribution in [0, 0.1) is 17.7 Å². The second-order valence-corrected chi connectivity index (χ2v) is 9.85. The number of hydrogen-bond donors (Lipinski definition) is 0. The minimum absolute atomic E-state index is 0.0842. The lowest BCUT2D eigenvalue weighted by Gasteiger charge is -2.39. The summed E-state index contributed by atoms with van der Waals surface area (Å²) in [5.41, 5.74) is 0.449. The maximum Gasteiger partial charge on any atom is 0.253 e. The van der Waals surface area contributed by atoms with Crippen LogP contribution in [0.25, 0.3) is 0 Å². The maximum absolute atomic E-state index is 13.2. The Morgan fingerprint density at radius 1 is 0.788 bits per heavy atom. The minimum atomic E-state index is -0.371. The van der Waals surface area contributed by atoms with E-state index in [1.807, 2.05) is 9.80 Å². The van der Waals surface area contributed by atoms with Gasteiger partial charge >= 0.3 is 0 Å². The Morgan fingerprint density at radius 3 is 2.15 bits per heavy atom. The first-order chi connectivity index (χ1) is 16.0. The van der Waals surface area contributed by atoms with E-state index in [1.165, 1.54) is 56.4 Å². The van der Waals surface area contributed by atoms with Gasteiger partial charge in [0.2, 0.25) is 11.8 Å². The van der Waals surface area contributed by atoms with E-state index in [4.69, 9.17) is 0 Å². The fourth-order valence-corrected chi connectivity index (χ4v) is 5.53. The van der Waals surface area contributed by atoms with E-state index in [0.717, 1.165) is 19.3 Å². The monoisotopic (exact) mass is 457 g/mol. The van der Waals surface area contributed by atoms with Crippen molar-refractivity contribution in [2.24, 2.45) is 11.8 Å². The molecule has 6 nitrogen and oxygen atoms in total. The average Bonchev–Trinajstić information content (AvgIpc) is 2.87. The Hall–Kier alpha value is -2.44. The van der Waals surface area contributed by atoms with Crippen LogP contribution in [-0.4, -0.2) is 71.7 Å². The number of piperazine rings is 1. The van der Waals surface area contributed by atoms with Crippen LogP contribution in [0.15, 0.2) is 24.3 Å². The molecule has 3 amide bonds. The highest BCUT2D eigenvalue weighted by atomic mass is 19.1. The zero-order valence-corrected chi connectivity index (χ0v) is 19.5. The summed E-state index contributed by atoms with van der Waals surface area (Å²) in [7, 11) is 0. The number of rotatable bonds is 5. The lowest BCUT2D eigenvalue weighted by molar-refractivity contribution is -0.143. The summed E-state index contributed by atoms with van der Waals surface area (Å²) in [4.78, 5) is 44.1. The maximum atomic E-state index is 13.2. The van der Waals surface area contributed by atoms with Gasteiger partial charge in [0.15, 0.2) is 0 Å². The quantitative estimate of drug-likeness (QED) is 0.677. The summed E-state index contributed by atoms with van der Waals surface area (Å²) in [5, 5.41) is 0. The Kier molecular flexibility index (Phi) is 7.99. The number of carbonyl (C=O) groups excluding carboxylic acids is 3. The van der Waals surface area contributed by atoms with Crippen molar-refractivity contribution in [1.29, 1.82) is 0 Å². The first kappa shape index (κ1) is 23.7. The van der Waals surface area contributed by atoms with E-state index in [1.54, 1.807) is 4.90 Å². The molecule has 2 saturated heterocycles. The predicted octanol–water partition coefficient (Wildman–Crippen LogP) is 3.71. The van der Waals surface area contributed by atoms with Crippen molar-refractivity contribution in [3.8, 4) is 0 Å². The van der Waals surface area contributed by atoms with Crippen LogP contribution in [0.2, 0.25) is 0 Å². The number of likely N-dealkylation sites (tertiary alicyclic amines) is 1. The van der Waals surface area contributed by atoms with Crippen molar-refractivity contribution in [3.05, 3.63) is 35.6 Å². The largest absolute Gasteiger partial charge is 0.339 e. The van der Waals surface area contributed by atoms with Gasteiger partial charge in [-0.05, 0) is 49.4 Å². The number of nitrogens with zero attached hydrogens (tertiary/aromatic N) is 3. The molecule has 1 aromatic rings. The molecular weight excluding hydrogens is 421 g/mol. The van der Waals surface area contributed by atoms with Gasteiger partial charge in [0.1, 0.15) is 5.82 Å². The van der Waals surface area contributed by atoms with Gasteiger partial charge in [0.05, 0.1) is 5.92 Å². The van der Waals surface area contributed by atoms with E-state index in [9.17, 15) is 18.8 Å². The molecule has 2 aliphatic heterocycles. The molecule has 3 fully saturated rings. The third-order valence-corrected chi connectivity index (χ3v) is 7.58. The highest BCUT2D eigenvalue weighted by Crippen LogP contribution is 2.28. The van der Waals surface area contributed by atoms with Gasteiger partial charge in [-0.2, -0.15) is 0 Å². The van der Waals surface area contributed by atoms with E-state index >= 15 is 0 Å². The SMILES string of the molecule is O=C(CCC1CCCCC1)N1CCN(C(=O)C2CCCN(C(=O)c3ccc(F)cc3)C2)CC1. The van der Waals surface area contributed by atoms with Crippen LogP contribution in [0.5, 0.6) is 0 Å². The zero-order chi connectivity index (χ0) is 23.2. The molecule has 1 unspecified atom stereocenters. The van der Waals surface area contributed by atoms with Crippen molar-refractivity contribution >= 4 is 17.7 Å². The molecule has 2 heterocycles. The summed E-state index contributed by atoms with van der Waals surface area (Å²) in [6, 6.07) is 5.56. The van der Waals surface area contributed by atoms with E-state index in [0.29, 0.717) is 57.2 Å². The molecule has 7 heteroatoms. The Morgan fingerprint density at radius 2 is 1.45 bits per heavy atom. The normalized spacial score (nSPS) is 22.3. The minimum Gasteiger partial charge on any atom is -0.339 e. The Balaban J connectivity index is 1.23. The van der Waals surface area contributed by atoms with Crippen molar-refractivity contribution in [1.82, 2.24) is 14.7 Å². The molecule has 3 aliphatic rings. The van der Waals surface area contributed by atoms with Crippen molar-refractivity contribution in [3.63, 3.8) is 0 Å². The molecular formula is C26H36FN3O3. The van der Waals surface area contributed by atoms with E-state index < -0.39 is 0 Å². The lowest BCUT2D eigenvalue weighted by atomic mass is 9.86. The zero-order valence-electron chi connectivity index (χ0n) is 19.5. The molecule has 4 rings (SSSR count). The van der Waals surface area contributed by atoms with Gasteiger partial charge in [-0.15, -0.1) is 0 Å². The number of amides is 3. The van der Waals surface area contributed by atoms with Crippen molar-refractivity contribution < 1.29 is 18.8 Å². The van der Waals surface area contributed by atoms with Crippen LogP contribution in [0.4, 0.5) is 4.39 Å². The van der Waals surface area contributed by atoms with Gasteiger partial charge in [0.25, 0.3) is 5.91 Å². The molecule has 0 radical (unpaired) electrons. The Labute approximate surface area is 196 Å². The summed E-state index contributed by atoms with van der Waals surface area (Å²) in [6.07, 6.45) is 9.63. The first-order valence-corrected chi connectivity index (χ1v) is 12.6. The molecule has 0 N–H and O–H groups in total. The molecule has 1 aromatic carbocycles. The first-order valence-electron chi connectivity index (χ1n) is 12.6. The number of carbonyl (C=O) groups is 3. The third kappa shape index (κ3) is 6.12.